The molecule has 0 amide bonds. The zero-order valence-electron chi connectivity index (χ0n) is 8.95. The lowest BCUT2D eigenvalue weighted by Crippen LogP contribution is -2.45. The molecule has 1 saturated heterocycles. The smallest absolute Gasteiger partial charge is 0.0758 e. The normalized spacial score (nSPS) is 45.6. The second-order valence-electron chi connectivity index (χ2n) is 5.14. The fourth-order valence-corrected chi connectivity index (χ4v) is 2.78. The van der Waals surface area contributed by atoms with Gasteiger partial charge in [0.1, 0.15) is 0 Å². The number of hydrogen-bond acceptors (Lipinski definition) is 3. The first-order valence-corrected chi connectivity index (χ1v) is 5.73. The van der Waals surface area contributed by atoms with E-state index in [0.29, 0.717) is 6.04 Å². The summed E-state index contributed by atoms with van der Waals surface area (Å²) in [5.74, 6) is 0. The van der Waals surface area contributed by atoms with Crippen molar-refractivity contribution in [1.82, 2.24) is 4.90 Å². The number of aliphatic hydroxyl groups excluding tert-OH is 1. The van der Waals surface area contributed by atoms with Gasteiger partial charge in [0.2, 0.25) is 0 Å². The molecule has 3 unspecified atom stereocenters. The molecule has 14 heavy (non-hydrogen) atoms. The third-order valence-corrected chi connectivity index (χ3v) is 3.64. The van der Waals surface area contributed by atoms with Crippen LogP contribution in [0.3, 0.4) is 0 Å². The molecule has 1 aliphatic heterocycles. The Hall–Kier alpha value is -0.120. The van der Waals surface area contributed by atoms with Gasteiger partial charge in [0.05, 0.1) is 11.7 Å². The molecule has 0 spiro atoms. The van der Waals surface area contributed by atoms with Crippen LogP contribution < -0.4 is 0 Å². The number of hydrogen-bond donors (Lipinski definition) is 2. The predicted molar refractivity (Wildman–Crippen MR) is 55.1 cm³/mol. The van der Waals surface area contributed by atoms with Crippen molar-refractivity contribution in [3.05, 3.63) is 0 Å². The Bertz CT molecular complexity index is 205. The Balaban J connectivity index is 1.95. The van der Waals surface area contributed by atoms with Crippen molar-refractivity contribution in [2.75, 3.05) is 13.1 Å². The number of rotatable bonds is 1. The number of nitrogens with zero attached hydrogens (tertiary/aromatic N) is 1. The van der Waals surface area contributed by atoms with Crippen LogP contribution >= 0.6 is 0 Å². The molecular formula is C11H21NO2. The first-order chi connectivity index (χ1) is 6.58. The molecule has 2 rings (SSSR count). The van der Waals surface area contributed by atoms with E-state index < -0.39 is 5.60 Å². The van der Waals surface area contributed by atoms with Crippen molar-refractivity contribution in [3.63, 3.8) is 0 Å². The molecule has 82 valence electrons. The van der Waals surface area contributed by atoms with Crippen LogP contribution in [0.4, 0.5) is 0 Å². The van der Waals surface area contributed by atoms with Gasteiger partial charge in [-0.2, -0.15) is 0 Å². The van der Waals surface area contributed by atoms with Crippen molar-refractivity contribution >= 4 is 0 Å². The Morgan fingerprint density at radius 1 is 1.29 bits per heavy atom. The largest absolute Gasteiger partial charge is 0.391 e. The zero-order chi connectivity index (χ0) is 10.2. The van der Waals surface area contributed by atoms with Crippen LogP contribution in [0.15, 0.2) is 0 Å². The van der Waals surface area contributed by atoms with Crippen LogP contribution in [0.25, 0.3) is 0 Å². The first kappa shape index (κ1) is 10.4. The third kappa shape index (κ3) is 2.10. The van der Waals surface area contributed by atoms with Crippen LogP contribution in [0.1, 0.15) is 39.0 Å². The molecule has 1 saturated carbocycles. The van der Waals surface area contributed by atoms with Gasteiger partial charge in [-0.3, -0.25) is 4.90 Å². The van der Waals surface area contributed by atoms with E-state index in [0.717, 1.165) is 38.8 Å². The quantitative estimate of drug-likeness (QED) is 0.655. The van der Waals surface area contributed by atoms with E-state index in [1.165, 1.54) is 6.42 Å². The average Bonchev–Trinajstić information content (AvgIpc) is 2.47. The summed E-state index contributed by atoms with van der Waals surface area (Å²) in [7, 11) is 0. The van der Waals surface area contributed by atoms with Crippen LogP contribution in [0, 0.1) is 0 Å². The summed E-state index contributed by atoms with van der Waals surface area (Å²) in [5, 5.41) is 19.7. The van der Waals surface area contributed by atoms with Crippen LogP contribution in [0.5, 0.6) is 0 Å². The molecule has 2 aliphatic rings. The van der Waals surface area contributed by atoms with Crippen molar-refractivity contribution < 1.29 is 10.2 Å². The van der Waals surface area contributed by atoms with Gasteiger partial charge in [0.25, 0.3) is 0 Å². The van der Waals surface area contributed by atoms with Gasteiger partial charge in [-0.15, -0.1) is 0 Å². The van der Waals surface area contributed by atoms with Crippen molar-refractivity contribution in [2.24, 2.45) is 0 Å². The van der Waals surface area contributed by atoms with Gasteiger partial charge in [0, 0.05) is 19.1 Å². The van der Waals surface area contributed by atoms with Gasteiger partial charge < -0.3 is 10.2 Å². The molecule has 1 heterocycles. The standard InChI is InChI=1S/C11H21NO2/c1-11(14)6-7-12(8-11)9-4-2-3-5-10(9)13/h9-10,13-14H,2-8H2,1H3. The molecular weight excluding hydrogens is 178 g/mol. The van der Waals surface area contributed by atoms with E-state index in [2.05, 4.69) is 4.90 Å². The monoisotopic (exact) mass is 199 g/mol. The molecule has 3 nitrogen and oxygen atoms in total. The van der Waals surface area contributed by atoms with Crippen LogP contribution in [0.2, 0.25) is 0 Å². The highest BCUT2D eigenvalue weighted by Crippen LogP contribution is 2.29. The van der Waals surface area contributed by atoms with Crippen molar-refractivity contribution in [1.29, 1.82) is 0 Å². The summed E-state index contributed by atoms with van der Waals surface area (Å²) in [5.41, 5.74) is -0.531. The van der Waals surface area contributed by atoms with Crippen LogP contribution in [-0.4, -0.2) is 45.9 Å². The second-order valence-corrected chi connectivity index (χ2v) is 5.14. The number of likely N-dealkylation sites (tertiary alicyclic amines) is 1. The fraction of sp³-hybridized carbons (Fsp3) is 1.00. The van der Waals surface area contributed by atoms with E-state index >= 15 is 0 Å². The number of aliphatic hydroxyl groups is 2. The Morgan fingerprint density at radius 2 is 2.00 bits per heavy atom. The minimum absolute atomic E-state index is 0.169. The molecule has 0 aromatic carbocycles. The number of β-amino-alcohol motifs (C(OH)–C–C–N with tert-alkyl or cyclic N) is 1. The molecule has 3 heteroatoms. The maximum Gasteiger partial charge on any atom is 0.0758 e. The lowest BCUT2D eigenvalue weighted by Gasteiger charge is -2.35. The Morgan fingerprint density at radius 3 is 2.57 bits per heavy atom. The molecule has 1 aliphatic carbocycles. The third-order valence-electron chi connectivity index (χ3n) is 3.64. The maximum absolute atomic E-state index is 9.88. The topological polar surface area (TPSA) is 43.7 Å². The van der Waals surface area contributed by atoms with E-state index in [4.69, 9.17) is 0 Å². The predicted octanol–water partition coefficient (Wildman–Crippen LogP) is 0.747. The average molecular weight is 199 g/mol. The minimum Gasteiger partial charge on any atom is -0.391 e. The van der Waals surface area contributed by atoms with E-state index in [1.54, 1.807) is 0 Å². The first-order valence-electron chi connectivity index (χ1n) is 5.73. The Labute approximate surface area is 85.7 Å². The SMILES string of the molecule is CC1(O)CCN(C2CCCCC2O)C1. The molecule has 0 bridgehead atoms. The highest BCUT2D eigenvalue weighted by Gasteiger charge is 2.38. The van der Waals surface area contributed by atoms with Gasteiger partial charge in [0.15, 0.2) is 0 Å². The van der Waals surface area contributed by atoms with E-state index in [1.807, 2.05) is 6.92 Å². The zero-order valence-corrected chi connectivity index (χ0v) is 8.95. The van der Waals surface area contributed by atoms with Gasteiger partial charge in [-0.25, -0.2) is 0 Å². The van der Waals surface area contributed by atoms with Crippen molar-refractivity contribution in [2.45, 2.75) is 56.8 Å². The Kier molecular flexibility index (Phi) is 2.82. The molecule has 3 atom stereocenters. The van der Waals surface area contributed by atoms with Crippen molar-refractivity contribution in [3.8, 4) is 0 Å². The van der Waals surface area contributed by atoms with Gasteiger partial charge >= 0.3 is 0 Å². The highest BCUT2D eigenvalue weighted by atomic mass is 16.3. The molecule has 2 fully saturated rings. The molecule has 0 aromatic rings. The van der Waals surface area contributed by atoms with E-state index in [-0.39, 0.29) is 6.10 Å². The maximum atomic E-state index is 9.88. The summed E-state index contributed by atoms with van der Waals surface area (Å²) in [4.78, 5) is 2.27. The summed E-state index contributed by atoms with van der Waals surface area (Å²) < 4.78 is 0. The summed E-state index contributed by atoms with van der Waals surface area (Å²) in [6, 6.07) is 0.303. The lowest BCUT2D eigenvalue weighted by molar-refractivity contribution is 0.0104. The minimum atomic E-state index is -0.531. The highest BCUT2D eigenvalue weighted by molar-refractivity contribution is 4.92. The lowest BCUT2D eigenvalue weighted by atomic mass is 9.91. The molecule has 0 aromatic heterocycles. The molecule has 2 N–H and O–H groups in total. The van der Waals surface area contributed by atoms with Gasteiger partial charge in [-0.05, 0) is 26.2 Å². The summed E-state index contributed by atoms with van der Waals surface area (Å²) >= 11 is 0. The summed E-state index contributed by atoms with van der Waals surface area (Å²) in [6.45, 7) is 3.56. The van der Waals surface area contributed by atoms with Crippen LogP contribution in [-0.2, 0) is 0 Å². The second kappa shape index (κ2) is 3.80. The molecule has 0 radical (unpaired) electrons. The van der Waals surface area contributed by atoms with E-state index in [9.17, 15) is 10.2 Å². The summed E-state index contributed by atoms with van der Waals surface area (Å²) in [6.07, 6.45) is 5.08. The van der Waals surface area contributed by atoms with Gasteiger partial charge in [-0.1, -0.05) is 12.8 Å². The fourth-order valence-electron chi connectivity index (χ4n) is 2.78.